The van der Waals surface area contributed by atoms with E-state index in [2.05, 4.69) is 4.98 Å². The van der Waals surface area contributed by atoms with Gasteiger partial charge in [-0.3, -0.25) is 19.0 Å². The van der Waals surface area contributed by atoms with Gasteiger partial charge in [0.1, 0.15) is 5.78 Å². The molecule has 1 fully saturated rings. The number of hydrogen-bond acceptors (Lipinski definition) is 4. The summed E-state index contributed by atoms with van der Waals surface area (Å²) in [4.78, 5) is 40.0. The van der Waals surface area contributed by atoms with Crippen LogP contribution >= 0.6 is 11.6 Å². The second-order valence-electron chi connectivity index (χ2n) is 5.31. The predicted octanol–water partition coefficient (Wildman–Crippen LogP) is 1.43. The number of pyridine rings is 1. The van der Waals surface area contributed by atoms with E-state index in [0.29, 0.717) is 41.9 Å². The number of ketones is 1. The van der Waals surface area contributed by atoms with Crippen molar-refractivity contribution < 1.29 is 4.79 Å². The minimum absolute atomic E-state index is 0.166. The number of fused-ring (bicyclic) bond motifs is 1. The summed E-state index contributed by atoms with van der Waals surface area (Å²) in [5.74, 6) is 0.198. The lowest BCUT2D eigenvalue weighted by molar-refractivity contribution is -0.120. The van der Waals surface area contributed by atoms with Gasteiger partial charge in [0.25, 0.3) is 0 Å². The van der Waals surface area contributed by atoms with Gasteiger partial charge in [-0.1, -0.05) is 11.6 Å². The van der Waals surface area contributed by atoms with Crippen LogP contribution in [0, 0.1) is 0 Å². The fourth-order valence-corrected chi connectivity index (χ4v) is 2.98. The Bertz CT molecular complexity index is 843. The second kappa shape index (κ2) is 5.11. The number of halogens is 1. The van der Waals surface area contributed by atoms with Crippen molar-refractivity contribution in [3.05, 3.63) is 38.0 Å². The molecule has 0 aromatic carbocycles. The van der Waals surface area contributed by atoms with Gasteiger partial charge in [-0.2, -0.15) is 0 Å². The highest BCUT2D eigenvalue weighted by Gasteiger charge is 2.24. The average molecular weight is 308 g/mol. The summed E-state index contributed by atoms with van der Waals surface area (Å²) >= 11 is 5.93. The molecule has 0 atom stereocenters. The highest BCUT2D eigenvalue weighted by Crippen LogP contribution is 2.27. The first-order valence-electron chi connectivity index (χ1n) is 6.77. The van der Waals surface area contributed by atoms with Crippen LogP contribution in [0.5, 0.6) is 0 Å². The molecule has 2 aromatic heterocycles. The lowest BCUT2D eigenvalue weighted by Gasteiger charge is -2.24. The molecule has 0 bridgehead atoms. The Balaban J connectivity index is 2.29. The number of carbonyl (C=O) groups excluding carboxylic acids is 1. The van der Waals surface area contributed by atoms with Gasteiger partial charge < -0.3 is 4.57 Å². The zero-order chi connectivity index (χ0) is 15.1. The Hall–Kier alpha value is -1.95. The van der Waals surface area contributed by atoms with Crippen molar-refractivity contribution in [1.82, 2.24) is 14.1 Å². The molecule has 0 radical (unpaired) electrons. The number of aryl methyl sites for hydroxylation is 1. The molecule has 1 aliphatic carbocycles. The SMILES string of the molecule is Cn1c(=O)c(=O)n(C2CCC(=O)CC2)c2ncc(Cl)cc21. The monoisotopic (exact) mass is 307 g/mol. The number of carbonyl (C=O) groups is 1. The smallest absolute Gasteiger partial charge is 0.304 e. The van der Waals surface area contributed by atoms with Gasteiger partial charge in [-0.25, -0.2) is 4.98 Å². The first kappa shape index (κ1) is 14.0. The zero-order valence-electron chi connectivity index (χ0n) is 11.5. The third kappa shape index (κ3) is 2.29. The van der Waals surface area contributed by atoms with Gasteiger partial charge >= 0.3 is 11.1 Å². The van der Waals surface area contributed by atoms with Crippen LogP contribution < -0.4 is 11.1 Å². The van der Waals surface area contributed by atoms with Crippen molar-refractivity contribution in [3.8, 4) is 0 Å². The Labute approximate surface area is 125 Å². The van der Waals surface area contributed by atoms with Crippen molar-refractivity contribution in [2.75, 3.05) is 0 Å². The van der Waals surface area contributed by atoms with E-state index in [9.17, 15) is 14.4 Å². The van der Waals surface area contributed by atoms with E-state index in [4.69, 9.17) is 11.6 Å². The Morgan fingerprint density at radius 2 is 1.86 bits per heavy atom. The molecule has 0 saturated heterocycles. The molecule has 2 aromatic rings. The molecule has 7 heteroatoms. The van der Waals surface area contributed by atoms with E-state index in [1.54, 1.807) is 6.07 Å². The van der Waals surface area contributed by atoms with Crippen LogP contribution in [0.1, 0.15) is 31.7 Å². The third-order valence-electron chi connectivity index (χ3n) is 3.99. The number of Topliss-reactive ketones (excluding diaryl/α,β-unsaturated/α-hetero) is 1. The number of aromatic nitrogens is 3. The lowest BCUT2D eigenvalue weighted by Crippen LogP contribution is -2.43. The van der Waals surface area contributed by atoms with E-state index in [1.807, 2.05) is 0 Å². The van der Waals surface area contributed by atoms with Crippen molar-refractivity contribution in [3.63, 3.8) is 0 Å². The molecule has 0 aliphatic heterocycles. The van der Waals surface area contributed by atoms with E-state index in [-0.39, 0.29) is 11.8 Å². The highest BCUT2D eigenvalue weighted by molar-refractivity contribution is 6.31. The van der Waals surface area contributed by atoms with Crippen molar-refractivity contribution >= 4 is 28.5 Å². The molecule has 0 N–H and O–H groups in total. The first-order chi connectivity index (χ1) is 9.99. The van der Waals surface area contributed by atoms with Crippen molar-refractivity contribution in [2.24, 2.45) is 7.05 Å². The van der Waals surface area contributed by atoms with Crippen LogP contribution in [-0.4, -0.2) is 19.9 Å². The topological polar surface area (TPSA) is 74.0 Å². The summed E-state index contributed by atoms with van der Waals surface area (Å²) < 4.78 is 2.70. The molecule has 1 aliphatic rings. The quantitative estimate of drug-likeness (QED) is 0.747. The molecule has 1 saturated carbocycles. The van der Waals surface area contributed by atoms with Crippen LogP contribution in [-0.2, 0) is 11.8 Å². The molecule has 3 rings (SSSR count). The van der Waals surface area contributed by atoms with Crippen molar-refractivity contribution in [1.29, 1.82) is 0 Å². The fourth-order valence-electron chi connectivity index (χ4n) is 2.83. The van der Waals surface area contributed by atoms with Crippen molar-refractivity contribution in [2.45, 2.75) is 31.7 Å². The summed E-state index contributed by atoms with van der Waals surface area (Å²) in [5, 5.41) is 0.404. The van der Waals surface area contributed by atoms with E-state index < -0.39 is 11.1 Å². The van der Waals surface area contributed by atoms with Gasteiger partial charge in [0.2, 0.25) is 0 Å². The maximum Gasteiger partial charge on any atom is 0.318 e. The maximum atomic E-state index is 12.3. The molecular weight excluding hydrogens is 294 g/mol. The Morgan fingerprint density at radius 1 is 1.19 bits per heavy atom. The molecule has 2 heterocycles. The molecule has 0 unspecified atom stereocenters. The predicted molar refractivity (Wildman–Crippen MR) is 78.8 cm³/mol. The minimum Gasteiger partial charge on any atom is -0.304 e. The second-order valence-corrected chi connectivity index (χ2v) is 5.74. The van der Waals surface area contributed by atoms with E-state index in [1.165, 1.54) is 22.4 Å². The largest absolute Gasteiger partial charge is 0.318 e. The van der Waals surface area contributed by atoms with Gasteiger partial charge in [0, 0.05) is 32.1 Å². The van der Waals surface area contributed by atoms with Crippen LogP contribution in [0.15, 0.2) is 21.9 Å². The lowest BCUT2D eigenvalue weighted by atomic mass is 9.94. The zero-order valence-corrected chi connectivity index (χ0v) is 12.3. The van der Waals surface area contributed by atoms with Crippen LogP contribution in [0.25, 0.3) is 11.2 Å². The molecule has 0 spiro atoms. The maximum absolute atomic E-state index is 12.3. The Kier molecular flexibility index (Phi) is 3.41. The standard InChI is InChI=1S/C14H14ClN3O3/c1-17-11-6-8(15)7-16-12(11)18(14(21)13(17)20)9-2-4-10(19)5-3-9/h6-7,9H,2-5H2,1H3. The summed E-state index contributed by atoms with van der Waals surface area (Å²) in [6.45, 7) is 0. The fraction of sp³-hybridized carbons (Fsp3) is 0.429. The van der Waals surface area contributed by atoms with E-state index in [0.717, 1.165) is 0 Å². The summed E-state index contributed by atoms with van der Waals surface area (Å²) in [5.41, 5.74) is -0.252. The number of hydrogen-bond donors (Lipinski definition) is 0. The first-order valence-corrected chi connectivity index (χ1v) is 7.15. The number of rotatable bonds is 1. The normalized spacial score (nSPS) is 16.6. The molecule has 21 heavy (non-hydrogen) atoms. The molecule has 0 amide bonds. The van der Waals surface area contributed by atoms with E-state index >= 15 is 0 Å². The van der Waals surface area contributed by atoms with Crippen LogP contribution in [0.3, 0.4) is 0 Å². The van der Waals surface area contributed by atoms with Crippen LogP contribution in [0.2, 0.25) is 5.02 Å². The van der Waals surface area contributed by atoms with Crippen LogP contribution in [0.4, 0.5) is 0 Å². The summed E-state index contributed by atoms with van der Waals surface area (Å²) in [7, 11) is 1.53. The minimum atomic E-state index is -0.608. The van der Waals surface area contributed by atoms with Gasteiger partial charge in [-0.05, 0) is 18.9 Å². The number of nitrogens with zero attached hydrogens (tertiary/aromatic N) is 3. The average Bonchev–Trinajstić information content (AvgIpc) is 2.48. The van der Waals surface area contributed by atoms with Gasteiger partial charge in [0.15, 0.2) is 5.65 Å². The Morgan fingerprint density at radius 3 is 2.52 bits per heavy atom. The van der Waals surface area contributed by atoms with Gasteiger partial charge in [0.05, 0.1) is 10.5 Å². The molecule has 110 valence electrons. The summed E-state index contributed by atoms with van der Waals surface area (Å²) in [6.07, 6.45) is 3.44. The highest BCUT2D eigenvalue weighted by atomic mass is 35.5. The summed E-state index contributed by atoms with van der Waals surface area (Å²) in [6, 6.07) is 1.45. The molecule has 6 nitrogen and oxygen atoms in total. The third-order valence-corrected chi connectivity index (χ3v) is 4.19. The van der Waals surface area contributed by atoms with Gasteiger partial charge in [-0.15, -0.1) is 0 Å². The molecular formula is C14H14ClN3O3.